The molecule has 0 aliphatic carbocycles. The number of halogens is 1. The van der Waals surface area contributed by atoms with Crippen LogP contribution in [0.15, 0.2) is 54.6 Å². The molecule has 0 aliphatic heterocycles. The number of rotatable bonds is 6. The van der Waals surface area contributed by atoms with Gasteiger partial charge in [-0.25, -0.2) is 4.39 Å². The highest BCUT2D eigenvalue weighted by Crippen LogP contribution is 2.37. The predicted molar refractivity (Wildman–Crippen MR) is 123 cm³/mol. The van der Waals surface area contributed by atoms with Gasteiger partial charge in [-0.15, -0.1) is 0 Å². The van der Waals surface area contributed by atoms with Crippen molar-refractivity contribution in [3.05, 3.63) is 77.2 Å². The number of hydrogen-bond acceptors (Lipinski definition) is 3. The van der Waals surface area contributed by atoms with Crippen molar-refractivity contribution in [3.63, 3.8) is 0 Å². The van der Waals surface area contributed by atoms with Crippen LogP contribution in [0.2, 0.25) is 0 Å². The summed E-state index contributed by atoms with van der Waals surface area (Å²) in [5, 5.41) is 13.9. The van der Waals surface area contributed by atoms with Crippen LogP contribution in [-0.4, -0.2) is 10.1 Å². The molecular formula is C26H31FN2O. The molecule has 0 spiro atoms. The van der Waals surface area contributed by atoms with Crippen LogP contribution < -0.4 is 5.32 Å². The molecule has 3 rings (SSSR count). The van der Waals surface area contributed by atoms with Crippen LogP contribution in [0.3, 0.4) is 0 Å². The molecular weight excluding hydrogens is 375 g/mol. The number of aromatic nitrogens is 1. The number of pyridine rings is 1. The summed E-state index contributed by atoms with van der Waals surface area (Å²) in [7, 11) is 0. The first-order valence-electron chi connectivity index (χ1n) is 10.5. The van der Waals surface area contributed by atoms with Gasteiger partial charge in [-0.3, -0.25) is 4.98 Å². The first kappa shape index (κ1) is 21.8. The van der Waals surface area contributed by atoms with Gasteiger partial charge in [0.2, 0.25) is 0 Å². The Kier molecular flexibility index (Phi) is 6.16. The van der Waals surface area contributed by atoms with Crippen molar-refractivity contribution in [3.8, 4) is 17.0 Å². The summed E-state index contributed by atoms with van der Waals surface area (Å²) in [4.78, 5) is 4.77. The number of aromatic hydroxyl groups is 1. The van der Waals surface area contributed by atoms with Crippen LogP contribution in [0.1, 0.15) is 70.2 Å². The van der Waals surface area contributed by atoms with Crippen LogP contribution >= 0.6 is 0 Å². The van der Waals surface area contributed by atoms with E-state index in [-0.39, 0.29) is 5.75 Å². The van der Waals surface area contributed by atoms with Gasteiger partial charge in [0.25, 0.3) is 0 Å². The third-order valence-electron chi connectivity index (χ3n) is 5.43. The van der Waals surface area contributed by atoms with E-state index in [0.29, 0.717) is 23.1 Å². The normalized spacial score (nSPS) is 11.9. The Morgan fingerprint density at radius 3 is 2.10 bits per heavy atom. The number of hydrogen-bond donors (Lipinski definition) is 2. The second-order valence-corrected chi connectivity index (χ2v) is 8.94. The van der Waals surface area contributed by atoms with E-state index in [1.54, 1.807) is 6.07 Å². The Morgan fingerprint density at radius 2 is 1.50 bits per heavy atom. The molecule has 0 fully saturated rings. The van der Waals surface area contributed by atoms with Gasteiger partial charge in [-0.05, 0) is 67.1 Å². The van der Waals surface area contributed by atoms with Crippen LogP contribution in [0, 0.1) is 5.82 Å². The third kappa shape index (κ3) is 4.48. The molecule has 2 aromatic carbocycles. The van der Waals surface area contributed by atoms with Crippen LogP contribution in [0.5, 0.6) is 5.75 Å². The zero-order chi connectivity index (χ0) is 22.1. The molecule has 3 aromatic rings. The molecule has 4 heteroatoms. The first-order valence-corrected chi connectivity index (χ1v) is 10.5. The Morgan fingerprint density at radius 1 is 0.900 bits per heavy atom. The molecule has 1 heterocycles. The standard InChI is InChI=1S/C26H31FN2O/c1-16(2)19-9-7-10-20(17(3)4)25(19)29-26(5,6)24-12-8-11-22(28-24)21-15-18(27)13-14-23(21)30/h7-17,29-30H,1-6H3. The van der Waals surface area contributed by atoms with Crippen molar-refractivity contribution in [2.24, 2.45) is 0 Å². The number of nitrogens with one attached hydrogen (secondary N) is 1. The summed E-state index contributed by atoms with van der Waals surface area (Å²) in [6.45, 7) is 13.0. The molecule has 3 nitrogen and oxygen atoms in total. The predicted octanol–water partition coefficient (Wildman–Crippen LogP) is 7.19. The number of nitrogens with zero attached hydrogens (tertiary/aromatic N) is 1. The van der Waals surface area contributed by atoms with Gasteiger partial charge in [0, 0.05) is 11.3 Å². The van der Waals surface area contributed by atoms with E-state index in [0.717, 1.165) is 11.4 Å². The first-order chi connectivity index (χ1) is 14.1. The molecule has 0 bridgehead atoms. The summed E-state index contributed by atoms with van der Waals surface area (Å²) in [6, 6.07) is 16.0. The van der Waals surface area contributed by atoms with Crippen molar-refractivity contribution in [2.75, 3.05) is 5.32 Å². The highest BCUT2D eigenvalue weighted by Gasteiger charge is 2.26. The minimum atomic E-state index is -0.479. The fourth-order valence-electron chi connectivity index (χ4n) is 3.72. The molecule has 1 aromatic heterocycles. The lowest BCUT2D eigenvalue weighted by Gasteiger charge is -2.31. The topological polar surface area (TPSA) is 45.1 Å². The van der Waals surface area contributed by atoms with E-state index in [1.807, 2.05) is 12.1 Å². The van der Waals surface area contributed by atoms with Gasteiger partial charge in [0.1, 0.15) is 11.6 Å². The minimum absolute atomic E-state index is 0.0130. The summed E-state index contributed by atoms with van der Waals surface area (Å²) < 4.78 is 13.7. The lowest BCUT2D eigenvalue weighted by atomic mass is 9.90. The van der Waals surface area contributed by atoms with E-state index in [9.17, 15) is 9.50 Å². The highest BCUT2D eigenvalue weighted by molar-refractivity contribution is 5.67. The van der Waals surface area contributed by atoms with Gasteiger partial charge in [-0.1, -0.05) is 52.0 Å². The summed E-state index contributed by atoms with van der Waals surface area (Å²) >= 11 is 0. The lowest BCUT2D eigenvalue weighted by Crippen LogP contribution is -2.30. The summed E-state index contributed by atoms with van der Waals surface area (Å²) in [5.41, 5.74) is 4.96. The fraction of sp³-hybridized carbons (Fsp3) is 0.346. The van der Waals surface area contributed by atoms with Crippen molar-refractivity contribution in [1.29, 1.82) is 0 Å². The van der Waals surface area contributed by atoms with Gasteiger partial charge < -0.3 is 10.4 Å². The highest BCUT2D eigenvalue weighted by atomic mass is 19.1. The van der Waals surface area contributed by atoms with E-state index >= 15 is 0 Å². The van der Waals surface area contributed by atoms with E-state index in [4.69, 9.17) is 4.98 Å². The minimum Gasteiger partial charge on any atom is -0.507 e. The van der Waals surface area contributed by atoms with Crippen LogP contribution in [0.4, 0.5) is 10.1 Å². The largest absolute Gasteiger partial charge is 0.507 e. The molecule has 0 atom stereocenters. The van der Waals surface area contributed by atoms with Crippen molar-refractivity contribution in [1.82, 2.24) is 4.98 Å². The number of phenols is 1. The Labute approximate surface area is 179 Å². The zero-order valence-corrected chi connectivity index (χ0v) is 18.6. The maximum absolute atomic E-state index is 13.7. The molecule has 0 amide bonds. The molecule has 0 saturated carbocycles. The van der Waals surface area contributed by atoms with E-state index in [1.165, 1.54) is 29.3 Å². The molecule has 0 radical (unpaired) electrons. The van der Waals surface area contributed by atoms with Gasteiger partial charge >= 0.3 is 0 Å². The Hall–Kier alpha value is -2.88. The van der Waals surface area contributed by atoms with Gasteiger partial charge in [0.15, 0.2) is 0 Å². The third-order valence-corrected chi connectivity index (χ3v) is 5.43. The average Bonchev–Trinajstić information content (AvgIpc) is 2.69. The number of benzene rings is 2. The second-order valence-electron chi connectivity index (χ2n) is 8.94. The summed E-state index contributed by atoms with van der Waals surface area (Å²) in [5.74, 6) is 0.370. The summed E-state index contributed by atoms with van der Waals surface area (Å²) in [6.07, 6.45) is 0. The average molecular weight is 407 g/mol. The Bertz CT molecular complexity index is 1010. The zero-order valence-electron chi connectivity index (χ0n) is 18.6. The van der Waals surface area contributed by atoms with Gasteiger partial charge in [0.05, 0.1) is 16.9 Å². The number of phenolic OH excluding ortho intramolecular Hbond substituents is 1. The maximum Gasteiger partial charge on any atom is 0.125 e. The monoisotopic (exact) mass is 406 g/mol. The van der Waals surface area contributed by atoms with Crippen LogP contribution in [-0.2, 0) is 5.54 Å². The second kappa shape index (κ2) is 8.47. The smallest absolute Gasteiger partial charge is 0.125 e. The fourth-order valence-corrected chi connectivity index (χ4v) is 3.72. The van der Waals surface area contributed by atoms with E-state index < -0.39 is 11.4 Å². The molecule has 0 aliphatic rings. The lowest BCUT2D eigenvalue weighted by molar-refractivity contribution is 0.475. The number of para-hydroxylation sites is 1. The van der Waals surface area contributed by atoms with Crippen LogP contribution in [0.25, 0.3) is 11.3 Å². The SMILES string of the molecule is CC(C)c1cccc(C(C)C)c1NC(C)(C)c1cccc(-c2cc(F)ccc2O)n1. The number of anilines is 1. The Balaban J connectivity index is 2.05. The molecule has 2 N–H and O–H groups in total. The quantitative estimate of drug-likeness (QED) is 0.455. The van der Waals surface area contributed by atoms with Crippen molar-refractivity contribution >= 4 is 5.69 Å². The molecule has 30 heavy (non-hydrogen) atoms. The molecule has 0 unspecified atom stereocenters. The maximum atomic E-state index is 13.7. The molecule has 158 valence electrons. The van der Waals surface area contributed by atoms with Gasteiger partial charge in [-0.2, -0.15) is 0 Å². The van der Waals surface area contributed by atoms with Crippen molar-refractivity contribution in [2.45, 2.75) is 58.9 Å². The van der Waals surface area contributed by atoms with E-state index in [2.05, 4.69) is 65.1 Å². The van der Waals surface area contributed by atoms with Crippen molar-refractivity contribution < 1.29 is 9.50 Å². The molecule has 0 saturated heterocycles.